The summed E-state index contributed by atoms with van der Waals surface area (Å²) in [5, 5.41) is 6.10. The lowest BCUT2D eigenvalue weighted by Crippen LogP contribution is -3.11. The van der Waals surface area contributed by atoms with Crippen molar-refractivity contribution in [2.75, 3.05) is 39.7 Å². The molecule has 0 saturated carbocycles. The number of anilines is 1. The molecule has 1 atom stereocenters. The van der Waals surface area contributed by atoms with E-state index in [1.165, 1.54) is 7.11 Å². The second-order valence-electron chi connectivity index (χ2n) is 6.33. The average molecular weight is 407 g/mol. The van der Waals surface area contributed by atoms with E-state index in [9.17, 15) is 9.59 Å². The standard InChI is InChI=1S/C20H24ClN3O4/c1-24(12-19(25)22-11-14-5-4-6-16(9-14)27-2)13-20(26)23-17-10-15(21)7-8-18(17)28-3/h4-10H,11-13H2,1-3H3,(H,22,25)(H,23,26)/p+1. The van der Waals surface area contributed by atoms with Gasteiger partial charge in [0.15, 0.2) is 13.1 Å². The lowest BCUT2D eigenvalue weighted by atomic mass is 10.2. The number of carbonyl (C=O) groups excluding carboxylic acids is 2. The first kappa shape index (κ1) is 21.5. The third-order valence-corrected chi connectivity index (χ3v) is 4.22. The number of likely N-dealkylation sites (N-methyl/N-ethyl adjacent to an activating group) is 1. The van der Waals surface area contributed by atoms with Crippen molar-refractivity contribution in [3.63, 3.8) is 0 Å². The van der Waals surface area contributed by atoms with Gasteiger partial charge in [0.25, 0.3) is 11.8 Å². The molecule has 0 fully saturated rings. The van der Waals surface area contributed by atoms with E-state index in [2.05, 4.69) is 10.6 Å². The summed E-state index contributed by atoms with van der Waals surface area (Å²) in [4.78, 5) is 25.1. The monoisotopic (exact) mass is 406 g/mol. The van der Waals surface area contributed by atoms with Crippen molar-refractivity contribution >= 4 is 29.1 Å². The number of hydrogen-bond acceptors (Lipinski definition) is 4. The van der Waals surface area contributed by atoms with Crippen molar-refractivity contribution < 1.29 is 24.0 Å². The van der Waals surface area contributed by atoms with E-state index >= 15 is 0 Å². The summed E-state index contributed by atoms with van der Waals surface area (Å²) in [6.45, 7) is 0.696. The SMILES string of the molecule is COc1cccc(CNC(=O)C[NH+](C)CC(=O)Nc2cc(Cl)ccc2OC)c1. The molecule has 0 spiro atoms. The van der Waals surface area contributed by atoms with Gasteiger partial charge < -0.3 is 25.0 Å². The summed E-state index contributed by atoms with van der Waals surface area (Å²) in [5.41, 5.74) is 1.44. The van der Waals surface area contributed by atoms with Gasteiger partial charge in [0.2, 0.25) is 0 Å². The van der Waals surface area contributed by atoms with Crippen LogP contribution < -0.4 is 25.0 Å². The fourth-order valence-corrected chi connectivity index (χ4v) is 2.80. The lowest BCUT2D eigenvalue weighted by molar-refractivity contribution is -0.862. The molecule has 0 aliphatic carbocycles. The van der Waals surface area contributed by atoms with Gasteiger partial charge in [-0.3, -0.25) is 9.59 Å². The van der Waals surface area contributed by atoms with Crippen molar-refractivity contribution in [2.24, 2.45) is 0 Å². The third-order valence-electron chi connectivity index (χ3n) is 3.98. The van der Waals surface area contributed by atoms with Crippen LogP contribution in [0.4, 0.5) is 5.69 Å². The van der Waals surface area contributed by atoms with Gasteiger partial charge in [-0.1, -0.05) is 23.7 Å². The van der Waals surface area contributed by atoms with Crippen LogP contribution in [-0.2, 0) is 16.1 Å². The average Bonchev–Trinajstić information content (AvgIpc) is 2.66. The molecule has 7 nitrogen and oxygen atoms in total. The highest BCUT2D eigenvalue weighted by atomic mass is 35.5. The van der Waals surface area contributed by atoms with Crippen LogP contribution in [-0.4, -0.2) is 46.2 Å². The highest BCUT2D eigenvalue weighted by Gasteiger charge is 2.16. The first-order valence-corrected chi connectivity index (χ1v) is 9.13. The number of hydrogen-bond donors (Lipinski definition) is 3. The van der Waals surface area contributed by atoms with Crippen molar-refractivity contribution in [3.05, 3.63) is 53.1 Å². The number of ether oxygens (including phenoxy) is 2. The van der Waals surface area contributed by atoms with Crippen molar-refractivity contribution in [2.45, 2.75) is 6.54 Å². The van der Waals surface area contributed by atoms with Gasteiger partial charge in [0.1, 0.15) is 11.5 Å². The Morgan fingerprint density at radius 3 is 2.50 bits per heavy atom. The van der Waals surface area contributed by atoms with Gasteiger partial charge in [0, 0.05) is 11.6 Å². The molecule has 8 heteroatoms. The number of nitrogens with one attached hydrogen (secondary N) is 3. The van der Waals surface area contributed by atoms with Gasteiger partial charge in [-0.2, -0.15) is 0 Å². The zero-order valence-corrected chi connectivity index (χ0v) is 16.9. The Labute approximate surface area is 169 Å². The van der Waals surface area contributed by atoms with Crippen molar-refractivity contribution in [1.82, 2.24) is 5.32 Å². The minimum Gasteiger partial charge on any atom is -0.497 e. The Bertz CT molecular complexity index is 829. The fraction of sp³-hybridized carbons (Fsp3) is 0.300. The molecule has 2 aromatic carbocycles. The molecule has 0 aliphatic heterocycles. The minimum absolute atomic E-state index is 0.127. The molecule has 150 valence electrons. The molecule has 1 unspecified atom stereocenters. The predicted octanol–water partition coefficient (Wildman–Crippen LogP) is 1.13. The lowest BCUT2D eigenvalue weighted by Gasteiger charge is -2.15. The maximum absolute atomic E-state index is 12.3. The number of amides is 2. The first-order valence-electron chi connectivity index (χ1n) is 8.75. The maximum Gasteiger partial charge on any atom is 0.279 e. The van der Waals surface area contributed by atoms with Crippen molar-refractivity contribution in [1.29, 1.82) is 0 Å². The number of rotatable bonds is 9. The van der Waals surface area contributed by atoms with Crippen LogP contribution in [0.1, 0.15) is 5.56 Å². The van der Waals surface area contributed by atoms with E-state index in [0.717, 1.165) is 16.2 Å². The Kier molecular flexibility index (Phi) is 8.10. The van der Waals surface area contributed by atoms with Crippen LogP contribution in [0.2, 0.25) is 5.02 Å². The van der Waals surface area contributed by atoms with Crippen LogP contribution in [0.5, 0.6) is 11.5 Å². The fourth-order valence-electron chi connectivity index (χ4n) is 2.63. The molecule has 0 aliphatic rings. The number of benzene rings is 2. The molecular formula is C20H25ClN3O4+. The van der Waals surface area contributed by atoms with Gasteiger partial charge >= 0.3 is 0 Å². The van der Waals surface area contributed by atoms with E-state index in [1.54, 1.807) is 32.4 Å². The molecule has 2 amide bonds. The Balaban J connectivity index is 1.80. The molecule has 2 rings (SSSR count). The summed E-state index contributed by atoms with van der Waals surface area (Å²) >= 11 is 5.96. The van der Waals surface area contributed by atoms with E-state index in [0.29, 0.717) is 23.0 Å². The Morgan fingerprint density at radius 2 is 1.79 bits per heavy atom. The summed E-state index contributed by atoms with van der Waals surface area (Å²) < 4.78 is 10.4. The first-order chi connectivity index (χ1) is 13.4. The maximum atomic E-state index is 12.3. The second kappa shape index (κ2) is 10.5. The largest absolute Gasteiger partial charge is 0.497 e. The normalized spacial score (nSPS) is 11.4. The van der Waals surface area contributed by atoms with Crippen LogP contribution in [0.25, 0.3) is 0 Å². The molecule has 3 N–H and O–H groups in total. The zero-order chi connectivity index (χ0) is 20.5. The van der Waals surface area contributed by atoms with Crippen LogP contribution in [0.15, 0.2) is 42.5 Å². The minimum atomic E-state index is -0.237. The number of halogens is 1. The van der Waals surface area contributed by atoms with E-state index < -0.39 is 0 Å². The Hall–Kier alpha value is -2.77. The van der Waals surface area contributed by atoms with Gasteiger partial charge in [-0.25, -0.2) is 0 Å². The molecule has 0 radical (unpaired) electrons. The molecule has 0 bridgehead atoms. The summed E-state index contributed by atoms with van der Waals surface area (Å²) in [6, 6.07) is 12.5. The zero-order valence-electron chi connectivity index (χ0n) is 16.2. The molecule has 0 aromatic heterocycles. The van der Waals surface area contributed by atoms with Gasteiger partial charge in [-0.15, -0.1) is 0 Å². The molecule has 0 heterocycles. The smallest absolute Gasteiger partial charge is 0.279 e. The topological polar surface area (TPSA) is 81.1 Å². The van der Waals surface area contributed by atoms with Crippen LogP contribution >= 0.6 is 11.6 Å². The molecule has 28 heavy (non-hydrogen) atoms. The third kappa shape index (κ3) is 6.75. The van der Waals surface area contributed by atoms with Gasteiger partial charge in [0.05, 0.1) is 27.0 Å². The highest BCUT2D eigenvalue weighted by molar-refractivity contribution is 6.31. The van der Waals surface area contributed by atoms with E-state index in [4.69, 9.17) is 21.1 Å². The summed E-state index contributed by atoms with van der Waals surface area (Å²) in [5.74, 6) is 0.876. The molecule has 0 saturated heterocycles. The molecule has 2 aromatic rings. The number of methoxy groups -OCH3 is 2. The quantitative estimate of drug-likeness (QED) is 0.583. The van der Waals surface area contributed by atoms with Gasteiger partial charge in [-0.05, 0) is 35.9 Å². The number of quaternary nitrogens is 1. The van der Waals surface area contributed by atoms with E-state index in [1.807, 2.05) is 24.3 Å². The summed E-state index contributed by atoms with van der Waals surface area (Å²) in [6.07, 6.45) is 0. The van der Waals surface area contributed by atoms with Crippen molar-refractivity contribution in [3.8, 4) is 11.5 Å². The summed E-state index contributed by atoms with van der Waals surface area (Å²) in [7, 11) is 4.89. The number of carbonyl (C=O) groups is 2. The predicted molar refractivity (Wildman–Crippen MR) is 108 cm³/mol. The molecular weight excluding hydrogens is 382 g/mol. The second-order valence-corrected chi connectivity index (χ2v) is 6.77. The van der Waals surface area contributed by atoms with E-state index in [-0.39, 0.29) is 24.9 Å². The van der Waals surface area contributed by atoms with Crippen LogP contribution in [0.3, 0.4) is 0 Å². The highest BCUT2D eigenvalue weighted by Crippen LogP contribution is 2.27. The Morgan fingerprint density at radius 1 is 1.04 bits per heavy atom. The van der Waals surface area contributed by atoms with Crippen LogP contribution in [0, 0.1) is 0 Å².